The summed E-state index contributed by atoms with van der Waals surface area (Å²) < 4.78 is 6.07. The fraction of sp³-hybridized carbons (Fsp3) is 0.588. The molecule has 0 bridgehead atoms. The molecule has 3 atom stereocenters. The Morgan fingerprint density at radius 1 is 1.43 bits per heavy atom. The Morgan fingerprint density at radius 3 is 3.00 bits per heavy atom. The summed E-state index contributed by atoms with van der Waals surface area (Å²) in [5.41, 5.74) is 3.29. The number of hydrogen-bond acceptors (Lipinski definition) is 3. The number of fused-ring (bicyclic) bond motifs is 1. The average Bonchev–Trinajstić information content (AvgIpc) is 3.04. The minimum absolute atomic E-state index is 0.0888. The Bertz CT molecular complexity index is 530. The fourth-order valence-electron chi connectivity index (χ4n) is 3.29. The van der Waals surface area contributed by atoms with Crippen LogP contribution >= 0.6 is 0 Å². The van der Waals surface area contributed by atoms with E-state index in [1.54, 1.807) is 0 Å². The van der Waals surface area contributed by atoms with Crippen LogP contribution < -0.4 is 10.6 Å². The van der Waals surface area contributed by atoms with E-state index in [1.807, 2.05) is 6.07 Å². The molecular formula is C17H24N2O2. The molecule has 2 heterocycles. The highest BCUT2D eigenvalue weighted by Gasteiger charge is 2.31. The highest BCUT2D eigenvalue weighted by molar-refractivity contribution is 5.99. The molecule has 4 nitrogen and oxygen atoms in total. The van der Waals surface area contributed by atoms with E-state index in [-0.39, 0.29) is 18.1 Å². The smallest absolute Gasteiger partial charge is 0.228 e. The molecule has 2 aliphatic heterocycles. The molecular weight excluding hydrogens is 264 g/mol. The van der Waals surface area contributed by atoms with Crippen molar-refractivity contribution in [2.75, 3.05) is 11.9 Å². The van der Waals surface area contributed by atoms with Crippen LogP contribution in [-0.4, -0.2) is 24.7 Å². The van der Waals surface area contributed by atoms with Crippen molar-refractivity contribution < 1.29 is 9.53 Å². The lowest BCUT2D eigenvalue weighted by Crippen LogP contribution is -2.32. The summed E-state index contributed by atoms with van der Waals surface area (Å²) in [7, 11) is 0. The van der Waals surface area contributed by atoms with Crippen molar-refractivity contribution in [1.29, 1.82) is 0 Å². The Kier molecular flexibility index (Phi) is 4.27. The molecule has 1 aromatic carbocycles. The van der Waals surface area contributed by atoms with E-state index < -0.39 is 0 Å². The number of carbonyl (C=O) groups excluding carboxylic acids is 1. The third kappa shape index (κ3) is 3.11. The summed E-state index contributed by atoms with van der Waals surface area (Å²) in [5.74, 6) is 0.0888. The second-order valence-corrected chi connectivity index (χ2v) is 6.14. The molecule has 0 saturated carbocycles. The summed E-state index contributed by atoms with van der Waals surface area (Å²) in [6.07, 6.45) is 4.39. The average molecular weight is 288 g/mol. The van der Waals surface area contributed by atoms with Crippen LogP contribution in [0.5, 0.6) is 0 Å². The van der Waals surface area contributed by atoms with Gasteiger partial charge < -0.3 is 15.4 Å². The third-order valence-electron chi connectivity index (χ3n) is 4.36. The van der Waals surface area contributed by atoms with Crippen molar-refractivity contribution in [2.24, 2.45) is 0 Å². The van der Waals surface area contributed by atoms with Crippen molar-refractivity contribution in [1.82, 2.24) is 5.32 Å². The van der Waals surface area contributed by atoms with Crippen LogP contribution in [0.2, 0.25) is 0 Å². The largest absolute Gasteiger partial charge is 0.373 e. The van der Waals surface area contributed by atoms with Gasteiger partial charge in [0.15, 0.2) is 0 Å². The van der Waals surface area contributed by atoms with E-state index in [2.05, 4.69) is 36.6 Å². The maximum absolute atomic E-state index is 11.5. The molecule has 21 heavy (non-hydrogen) atoms. The lowest BCUT2D eigenvalue weighted by atomic mass is 9.96. The normalized spacial score (nSPS) is 25.7. The molecule has 1 fully saturated rings. The monoisotopic (exact) mass is 288 g/mol. The van der Waals surface area contributed by atoms with Crippen LogP contribution in [0.1, 0.15) is 50.3 Å². The maximum atomic E-state index is 11.5. The number of rotatable bonds is 5. The number of nitrogens with one attached hydrogen (secondary N) is 2. The molecule has 1 saturated heterocycles. The van der Waals surface area contributed by atoms with E-state index >= 15 is 0 Å². The molecule has 0 radical (unpaired) electrons. The molecule has 4 heteroatoms. The summed E-state index contributed by atoms with van der Waals surface area (Å²) in [6, 6.07) is 6.52. The van der Waals surface area contributed by atoms with Gasteiger partial charge in [0.05, 0.1) is 24.7 Å². The second kappa shape index (κ2) is 6.16. The third-order valence-corrected chi connectivity index (χ3v) is 4.36. The van der Waals surface area contributed by atoms with Gasteiger partial charge in [0.25, 0.3) is 0 Å². The van der Waals surface area contributed by atoms with Gasteiger partial charge in [-0.1, -0.05) is 19.1 Å². The molecule has 0 aliphatic carbocycles. The Hall–Kier alpha value is -1.39. The standard InChI is InChI=1S/C17H24N2O2/c1-3-8-18-17(15-7-4-11(2)21-15)12-5-6-14-13(9-12)10-16(20)19-14/h5-6,9,11,15,17-18H,3-4,7-8,10H2,1-2H3,(H,19,20). The van der Waals surface area contributed by atoms with E-state index in [9.17, 15) is 4.79 Å². The van der Waals surface area contributed by atoms with Crippen molar-refractivity contribution >= 4 is 11.6 Å². The highest BCUT2D eigenvalue weighted by Crippen LogP contribution is 2.33. The van der Waals surface area contributed by atoms with Gasteiger partial charge in [0, 0.05) is 5.69 Å². The van der Waals surface area contributed by atoms with Gasteiger partial charge >= 0.3 is 0 Å². The van der Waals surface area contributed by atoms with Crippen LogP contribution in [0, 0.1) is 0 Å². The van der Waals surface area contributed by atoms with Crippen molar-refractivity contribution in [3.05, 3.63) is 29.3 Å². The van der Waals surface area contributed by atoms with E-state index in [0.29, 0.717) is 12.5 Å². The molecule has 0 spiro atoms. The quantitative estimate of drug-likeness (QED) is 0.876. The number of anilines is 1. The topological polar surface area (TPSA) is 50.4 Å². The number of benzene rings is 1. The summed E-state index contributed by atoms with van der Waals surface area (Å²) in [6.45, 7) is 5.29. The molecule has 114 valence electrons. The Labute approximate surface area is 126 Å². The number of carbonyl (C=O) groups is 1. The van der Waals surface area contributed by atoms with Gasteiger partial charge in [0.2, 0.25) is 5.91 Å². The number of hydrogen-bond donors (Lipinski definition) is 2. The second-order valence-electron chi connectivity index (χ2n) is 6.14. The predicted octanol–water partition coefficient (Wildman–Crippen LogP) is 2.79. The van der Waals surface area contributed by atoms with E-state index in [4.69, 9.17) is 4.74 Å². The Morgan fingerprint density at radius 2 is 2.29 bits per heavy atom. The fourth-order valence-corrected chi connectivity index (χ4v) is 3.29. The zero-order valence-electron chi connectivity index (χ0n) is 12.8. The van der Waals surface area contributed by atoms with E-state index in [0.717, 1.165) is 37.1 Å². The predicted molar refractivity (Wildman–Crippen MR) is 83.4 cm³/mol. The molecule has 3 unspecified atom stereocenters. The number of amides is 1. The number of ether oxygens (including phenoxy) is 1. The molecule has 2 aliphatic rings. The SMILES string of the molecule is CCCNC(c1ccc2c(c1)CC(=O)N2)C1CCC(C)O1. The van der Waals surface area contributed by atoms with Crippen molar-refractivity contribution in [2.45, 2.75) is 57.8 Å². The lowest BCUT2D eigenvalue weighted by Gasteiger charge is -2.26. The van der Waals surface area contributed by atoms with E-state index in [1.165, 1.54) is 5.56 Å². The summed E-state index contributed by atoms with van der Waals surface area (Å²) in [5, 5.41) is 6.51. The summed E-state index contributed by atoms with van der Waals surface area (Å²) in [4.78, 5) is 11.5. The van der Waals surface area contributed by atoms with Crippen molar-refractivity contribution in [3.63, 3.8) is 0 Å². The molecule has 1 aromatic rings. The van der Waals surface area contributed by atoms with Crippen LogP contribution in [0.3, 0.4) is 0 Å². The van der Waals surface area contributed by atoms with Crippen molar-refractivity contribution in [3.8, 4) is 0 Å². The van der Waals surface area contributed by atoms with Crippen LogP contribution in [0.25, 0.3) is 0 Å². The van der Waals surface area contributed by atoms with Gasteiger partial charge in [-0.3, -0.25) is 4.79 Å². The minimum atomic E-state index is 0.0888. The minimum Gasteiger partial charge on any atom is -0.373 e. The zero-order chi connectivity index (χ0) is 14.8. The van der Waals surface area contributed by atoms with Gasteiger partial charge in [-0.15, -0.1) is 0 Å². The Balaban J connectivity index is 1.82. The molecule has 2 N–H and O–H groups in total. The van der Waals surface area contributed by atoms with Gasteiger partial charge in [-0.05, 0) is 49.9 Å². The highest BCUT2D eigenvalue weighted by atomic mass is 16.5. The first kappa shape index (κ1) is 14.5. The van der Waals surface area contributed by atoms with Crippen LogP contribution in [0.15, 0.2) is 18.2 Å². The van der Waals surface area contributed by atoms with Crippen LogP contribution in [-0.2, 0) is 16.0 Å². The lowest BCUT2D eigenvalue weighted by molar-refractivity contribution is -0.115. The van der Waals surface area contributed by atoms with Crippen LogP contribution in [0.4, 0.5) is 5.69 Å². The van der Waals surface area contributed by atoms with Gasteiger partial charge in [-0.2, -0.15) is 0 Å². The molecule has 3 rings (SSSR count). The molecule has 0 aromatic heterocycles. The summed E-state index contributed by atoms with van der Waals surface area (Å²) >= 11 is 0. The first-order valence-corrected chi connectivity index (χ1v) is 7.99. The first-order valence-electron chi connectivity index (χ1n) is 7.99. The van der Waals surface area contributed by atoms with Gasteiger partial charge in [0.1, 0.15) is 0 Å². The molecule has 1 amide bonds. The zero-order valence-corrected chi connectivity index (χ0v) is 12.8. The first-order chi connectivity index (χ1) is 10.2. The maximum Gasteiger partial charge on any atom is 0.228 e. The van der Waals surface area contributed by atoms with Gasteiger partial charge in [-0.25, -0.2) is 0 Å².